The normalized spacial score (nSPS) is 13.2. The van der Waals surface area contributed by atoms with E-state index >= 15 is 0 Å². The minimum Gasteiger partial charge on any atom is -0.497 e. The quantitative estimate of drug-likeness (QED) is 0.727. The third-order valence-corrected chi connectivity index (χ3v) is 3.72. The Hall–Kier alpha value is -2.47. The van der Waals surface area contributed by atoms with Gasteiger partial charge in [-0.3, -0.25) is 0 Å². The molecule has 1 heterocycles. The van der Waals surface area contributed by atoms with Crippen molar-refractivity contribution in [3.05, 3.63) is 53.5 Å². The standard InChI is InChI=1S/C18H24N2O4/c1-13-4-9-16(24-13)18(2,22)12-20-17(21)19-11-10-14-5-7-15(23-3)8-6-14/h4-9,22H,10-12H2,1-3H3,(H2,19,20,21)/t18-/m1/s1. The lowest BCUT2D eigenvalue weighted by atomic mass is 10.0. The predicted molar refractivity (Wildman–Crippen MR) is 91.1 cm³/mol. The number of urea groups is 1. The number of amides is 2. The Bertz CT molecular complexity index is 662. The van der Waals surface area contributed by atoms with Gasteiger partial charge in [-0.05, 0) is 50.1 Å². The Labute approximate surface area is 141 Å². The van der Waals surface area contributed by atoms with Gasteiger partial charge in [0.2, 0.25) is 0 Å². The molecule has 6 heteroatoms. The molecule has 6 nitrogen and oxygen atoms in total. The van der Waals surface area contributed by atoms with E-state index in [1.807, 2.05) is 24.3 Å². The number of nitrogens with one attached hydrogen (secondary N) is 2. The third kappa shape index (κ3) is 5.03. The van der Waals surface area contributed by atoms with E-state index < -0.39 is 5.60 Å². The van der Waals surface area contributed by atoms with Crippen molar-refractivity contribution in [2.45, 2.75) is 25.9 Å². The van der Waals surface area contributed by atoms with Crippen LogP contribution in [-0.2, 0) is 12.0 Å². The molecule has 2 rings (SSSR count). The van der Waals surface area contributed by atoms with E-state index in [0.717, 1.165) is 11.3 Å². The van der Waals surface area contributed by atoms with Crippen LogP contribution in [0, 0.1) is 6.92 Å². The van der Waals surface area contributed by atoms with Crippen molar-refractivity contribution >= 4 is 6.03 Å². The predicted octanol–water partition coefficient (Wildman–Crippen LogP) is 2.35. The van der Waals surface area contributed by atoms with Crippen molar-refractivity contribution in [2.75, 3.05) is 20.2 Å². The van der Waals surface area contributed by atoms with Gasteiger partial charge in [0.15, 0.2) is 0 Å². The molecule has 24 heavy (non-hydrogen) atoms. The first-order valence-corrected chi connectivity index (χ1v) is 7.84. The molecule has 0 radical (unpaired) electrons. The lowest BCUT2D eigenvalue weighted by molar-refractivity contribution is 0.0360. The Kier molecular flexibility index (Phi) is 5.87. The number of aliphatic hydroxyl groups is 1. The molecular weight excluding hydrogens is 308 g/mol. The van der Waals surface area contributed by atoms with Crippen LogP contribution in [0.15, 0.2) is 40.8 Å². The minimum absolute atomic E-state index is 0.0638. The van der Waals surface area contributed by atoms with Gasteiger partial charge in [0, 0.05) is 6.54 Å². The highest BCUT2D eigenvalue weighted by Gasteiger charge is 2.27. The summed E-state index contributed by atoms with van der Waals surface area (Å²) < 4.78 is 10.5. The van der Waals surface area contributed by atoms with E-state index in [2.05, 4.69) is 10.6 Å². The molecule has 0 aliphatic rings. The first-order valence-electron chi connectivity index (χ1n) is 7.84. The van der Waals surface area contributed by atoms with Crippen molar-refractivity contribution in [1.29, 1.82) is 0 Å². The molecule has 0 unspecified atom stereocenters. The average molecular weight is 332 g/mol. The zero-order valence-corrected chi connectivity index (χ0v) is 14.3. The zero-order valence-electron chi connectivity index (χ0n) is 14.3. The van der Waals surface area contributed by atoms with Crippen LogP contribution < -0.4 is 15.4 Å². The Morgan fingerprint density at radius 1 is 1.21 bits per heavy atom. The van der Waals surface area contributed by atoms with Crippen molar-refractivity contribution in [1.82, 2.24) is 10.6 Å². The van der Waals surface area contributed by atoms with Crippen LogP contribution in [0.25, 0.3) is 0 Å². The van der Waals surface area contributed by atoms with E-state index in [0.29, 0.717) is 24.5 Å². The molecule has 130 valence electrons. The van der Waals surface area contributed by atoms with Crippen LogP contribution in [0.5, 0.6) is 5.75 Å². The van der Waals surface area contributed by atoms with Gasteiger partial charge in [-0.15, -0.1) is 0 Å². The van der Waals surface area contributed by atoms with Gasteiger partial charge in [-0.2, -0.15) is 0 Å². The monoisotopic (exact) mass is 332 g/mol. The third-order valence-electron chi connectivity index (χ3n) is 3.72. The smallest absolute Gasteiger partial charge is 0.314 e. The molecule has 2 amide bonds. The fraction of sp³-hybridized carbons (Fsp3) is 0.389. The molecule has 0 saturated heterocycles. The molecule has 1 aromatic heterocycles. The lowest BCUT2D eigenvalue weighted by Gasteiger charge is -2.21. The van der Waals surface area contributed by atoms with E-state index in [4.69, 9.17) is 9.15 Å². The summed E-state index contributed by atoms with van der Waals surface area (Å²) in [6.45, 7) is 3.97. The van der Waals surface area contributed by atoms with Gasteiger partial charge < -0.3 is 24.9 Å². The molecule has 0 fully saturated rings. The van der Waals surface area contributed by atoms with Gasteiger partial charge in [-0.1, -0.05) is 12.1 Å². The van der Waals surface area contributed by atoms with Crippen molar-refractivity contribution < 1.29 is 19.1 Å². The number of furan rings is 1. The number of ether oxygens (including phenoxy) is 1. The number of methoxy groups -OCH3 is 1. The first-order chi connectivity index (χ1) is 11.4. The van der Waals surface area contributed by atoms with Crippen LogP contribution in [0.2, 0.25) is 0 Å². The molecule has 0 saturated carbocycles. The summed E-state index contributed by atoms with van der Waals surface area (Å²) in [4.78, 5) is 11.8. The zero-order chi connectivity index (χ0) is 17.6. The van der Waals surface area contributed by atoms with E-state index in [1.54, 1.807) is 33.1 Å². The summed E-state index contributed by atoms with van der Waals surface area (Å²) in [6.07, 6.45) is 0.713. The summed E-state index contributed by atoms with van der Waals surface area (Å²) in [6, 6.07) is 10.9. The largest absolute Gasteiger partial charge is 0.497 e. The molecule has 0 aliphatic heterocycles. The summed E-state index contributed by atoms with van der Waals surface area (Å²) in [5.41, 5.74) is -0.143. The number of carbonyl (C=O) groups is 1. The Morgan fingerprint density at radius 3 is 2.50 bits per heavy atom. The van der Waals surface area contributed by atoms with E-state index in [-0.39, 0.29) is 12.6 Å². The molecule has 1 aromatic carbocycles. The molecule has 0 spiro atoms. The summed E-state index contributed by atoms with van der Waals surface area (Å²) in [5.74, 6) is 1.95. The molecule has 0 aliphatic carbocycles. The number of rotatable bonds is 7. The Balaban J connectivity index is 1.73. The Morgan fingerprint density at radius 2 is 1.92 bits per heavy atom. The van der Waals surface area contributed by atoms with Crippen LogP contribution in [0.3, 0.4) is 0 Å². The maximum atomic E-state index is 11.8. The molecular formula is C18H24N2O4. The maximum absolute atomic E-state index is 11.8. The highest BCUT2D eigenvalue weighted by molar-refractivity contribution is 5.73. The molecule has 3 N–H and O–H groups in total. The minimum atomic E-state index is -1.25. The van der Waals surface area contributed by atoms with Crippen LogP contribution in [-0.4, -0.2) is 31.3 Å². The number of benzene rings is 1. The second kappa shape index (κ2) is 7.88. The van der Waals surface area contributed by atoms with Crippen LogP contribution in [0.1, 0.15) is 24.0 Å². The lowest BCUT2D eigenvalue weighted by Crippen LogP contribution is -2.43. The summed E-state index contributed by atoms with van der Waals surface area (Å²) in [5, 5.41) is 15.8. The van der Waals surface area contributed by atoms with Gasteiger partial charge in [0.25, 0.3) is 0 Å². The number of hydrogen-bond donors (Lipinski definition) is 3. The number of hydrogen-bond acceptors (Lipinski definition) is 4. The van der Waals surface area contributed by atoms with Crippen molar-refractivity contribution in [3.8, 4) is 5.75 Å². The van der Waals surface area contributed by atoms with Gasteiger partial charge >= 0.3 is 6.03 Å². The van der Waals surface area contributed by atoms with E-state index in [1.165, 1.54) is 0 Å². The van der Waals surface area contributed by atoms with Crippen LogP contribution in [0.4, 0.5) is 4.79 Å². The topological polar surface area (TPSA) is 83.7 Å². The van der Waals surface area contributed by atoms with Gasteiger partial charge in [0.05, 0.1) is 13.7 Å². The van der Waals surface area contributed by atoms with Crippen LogP contribution >= 0.6 is 0 Å². The maximum Gasteiger partial charge on any atom is 0.314 e. The van der Waals surface area contributed by atoms with Crippen molar-refractivity contribution in [3.63, 3.8) is 0 Å². The number of carbonyl (C=O) groups excluding carboxylic acids is 1. The second-order valence-electron chi connectivity index (χ2n) is 5.89. The fourth-order valence-corrected chi connectivity index (χ4v) is 2.24. The second-order valence-corrected chi connectivity index (χ2v) is 5.89. The molecule has 2 aromatic rings. The van der Waals surface area contributed by atoms with Gasteiger partial charge in [0.1, 0.15) is 22.9 Å². The molecule has 1 atom stereocenters. The van der Waals surface area contributed by atoms with E-state index in [9.17, 15) is 9.90 Å². The first kappa shape index (κ1) is 17.9. The molecule has 0 bridgehead atoms. The average Bonchev–Trinajstić information content (AvgIpc) is 3.01. The fourth-order valence-electron chi connectivity index (χ4n) is 2.24. The SMILES string of the molecule is COc1ccc(CCNC(=O)NC[C@@](C)(O)c2ccc(C)o2)cc1. The van der Waals surface area contributed by atoms with Gasteiger partial charge in [-0.25, -0.2) is 4.79 Å². The number of aryl methyl sites for hydroxylation is 1. The summed E-state index contributed by atoms with van der Waals surface area (Å²) >= 11 is 0. The highest BCUT2D eigenvalue weighted by atomic mass is 16.5. The highest BCUT2D eigenvalue weighted by Crippen LogP contribution is 2.21. The summed E-state index contributed by atoms with van der Waals surface area (Å²) in [7, 11) is 1.62. The van der Waals surface area contributed by atoms with Crippen molar-refractivity contribution in [2.24, 2.45) is 0 Å².